The Balaban J connectivity index is 1.63. The number of amides is 2. The van der Waals surface area contributed by atoms with Gasteiger partial charge in [-0.3, -0.25) is 9.59 Å². The number of hydrogen-bond acceptors (Lipinski definition) is 4. The number of ether oxygens (including phenoxy) is 2. The van der Waals surface area contributed by atoms with Crippen LogP contribution in [0.2, 0.25) is 0 Å². The highest BCUT2D eigenvalue weighted by Gasteiger charge is 2.49. The van der Waals surface area contributed by atoms with Gasteiger partial charge >= 0.3 is 0 Å². The molecule has 2 aromatic rings. The van der Waals surface area contributed by atoms with E-state index in [0.29, 0.717) is 23.6 Å². The van der Waals surface area contributed by atoms with Gasteiger partial charge < -0.3 is 19.7 Å². The van der Waals surface area contributed by atoms with Crippen LogP contribution in [0.15, 0.2) is 48.5 Å². The standard InChI is InChI=1S/C20H22N2O4/c1-22(13-7-5-4-6-8-13)20(24)16-12-15(16)19(23)21-17-10-9-14(25-2)11-18(17)26-3/h4-11,15-16H,12H2,1-3H3,(H,21,23). The van der Waals surface area contributed by atoms with Crippen LogP contribution in [-0.4, -0.2) is 33.1 Å². The van der Waals surface area contributed by atoms with E-state index >= 15 is 0 Å². The van der Waals surface area contributed by atoms with Crippen LogP contribution >= 0.6 is 0 Å². The number of benzene rings is 2. The second-order valence-electron chi connectivity index (χ2n) is 6.24. The molecule has 0 aliphatic heterocycles. The van der Waals surface area contributed by atoms with E-state index in [-0.39, 0.29) is 23.7 Å². The van der Waals surface area contributed by atoms with Crippen LogP contribution in [0, 0.1) is 11.8 Å². The molecular formula is C20H22N2O4. The predicted molar refractivity (Wildman–Crippen MR) is 99.6 cm³/mol. The maximum Gasteiger partial charge on any atom is 0.230 e. The van der Waals surface area contributed by atoms with Crippen molar-refractivity contribution in [1.29, 1.82) is 0 Å². The van der Waals surface area contributed by atoms with Gasteiger partial charge in [-0.2, -0.15) is 0 Å². The summed E-state index contributed by atoms with van der Waals surface area (Å²) in [6.07, 6.45) is 0.556. The lowest BCUT2D eigenvalue weighted by molar-refractivity contribution is -0.123. The molecule has 3 rings (SSSR count). The summed E-state index contributed by atoms with van der Waals surface area (Å²) in [4.78, 5) is 26.7. The lowest BCUT2D eigenvalue weighted by atomic mass is 10.2. The molecule has 1 N–H and O–H groups in total. The maximum atomic E-state index is 12.6. The number of carbonyl (C=O) groups excluding carboxylic acids is 2. The van der Waals surface area contributed by atoms with Crippen molar-refractivity contribution in [3.63, 3.8) is 0 Å². The first-order valence-corrected chi connectivity index (χ1v) is 8.40. The van der Waals surface area contributed by atoms with E-state index in [4.69, 9.17) is 9.47 Å². The third-order valence-corrected chi connectivity index (χ3v) is 4.59. The average molecular weight is 354 g/mol. The summed E-state index contributed by atoms with van der Waals surface area (Å²) in [5.74, 6) is 0.336. The molecule has 136 valence electrons. The van der Waals surface area contributed by atoms with Gasteiger partial charge in [0.05, 0.1) is 31.7 Å². The Morgan fingerprint density at radius 2 is 1.77 bits per heavy atom. The molecule has 0 bridgehead atoms. The zero-order valence-electron chi connectivity index (χ0n) is 15.1. The molecule has 2 atom stereocenters. The third-order valence-electron chi connectivity index (χ3n) is 4.59. The van der Waals surface area contributed by atoms with Crippen molar-refractivity contribution in [3.05, 3.63) is 48.5 Å². The van der Waals surface area contributed by atoms with Crippen LogP contribution in [0.5, 0.6) is 11.5 Å². The first-order chi connectivity index (χ1) is 12.5. The minimum absolute atomic E-state index is 0.0435. The third kappa shape index (κ3) is 3.64. The van der Waals surface area contributed by atoms with Gasteiger partial charge in [-0.1, -0.05) is 18.2 Å². The molecule has 0 saturated heterocycles. The molecule has 6 heteroatoms. The largest absolute Gasteiger partial charge is 0.497 e. The van der Waals surface area contributed by atoms with Crippen LogP contribution in [0.25, 0.3) is 0 Å². The summed E-state index contributed by atoms with van der Waals surface area (Å²) < 4.78 is 10.4. The van der Waals surface area contributed by atoms with Crippen molar-refractivity contribution >= 4 is 23.2 Å². The highest BCUT2D eigenvalue weighted by Crippen LogP contribution is 2.42. The molecule has 2 aromatic carbocycles. The molecule has 0 radical (unpaired) electrons. The number of methoxy groups -OCH3 is 2. The van der Waals surface area contributed by atoms with Crippen molar-refractivity contribution in [2.75, 3.05) is 31.5 Å². The number of nitrogens with one attached hydrogen (secondary N) is 1. The first kappa shape index (κ1) is 17.8. The zero-order chi connectivity index (χ0) is 18.7. The fourth-order valence-electron chi connectivity index (χ4n) is 2.91. The molecule has 1 aliphatic rings. The minimum atomic E-state index is -0.319. The van der Waals surface area contributed by atoms with Crippen molar-refractivity contribution in [3.8, 4) is 11.5 Å². The molecule has 1 fully saturated rings. The number of hydrogen-bond donors (Lipinski definition) is 1. The van der Waals surface area contributed by atoms with Crippen LogP contribution in [0.4, 0.5) is 11.4 Å². The Hall–Kier alpha value is -3.02. The van der Waals surface area contributed by atoms with Crippen LogP contribution in [0.3, 0.4) is 0 Å². The normalized spacial score (nSPS) is 18.0. The lowest BCUT2D eigenvalue weighted by Crippen LogP contribution is -2.29. The number of anilines is 2. The Kier molecular flexibility index (Phi) is 5.11. The highest BCUT2D eigenvalue weighted by molar-refractivity contribution is 6.04. The lowest BCUT2D eigenvalue weighted by Gasteiger charge is -2.17. The summed E-state index contributed by atoms with van der Waals surface area (Å²) in [6.45, 7) is 0. The number of rotatable bonds is 6. The number of nitrogens with zero attached hydrogens (tertiary/aromatic N) is 1. The van der Waals surface area contributed by atoms with Crippen LogP contribution in [0.1, 0.15) is 6.42 Å². The fraction of sp³-hybridized carbons (Fsp3) is 0.300. The summed E-state index contributed by atoms with van der Waals surface area (Å²) in [6, 6.07) is 14.6. The second-order valence-corrected chi connectivity index (χ2v) is 6.24. The van der Waals surface area contributed by atoms with Crippen molar-refractivity contribution in [1.82, 2.24) is 0 Å². The van der Waals surface area contributed by atoms with Gasteiger partial charge in [0.15, 0.2) is 0 Å². The molecule has 2 amide bonds. The molecule has 26 heavy (non-hydrogen) atoms. The molecular weight excluding hydrogens is 332 g/mol. The summed E-state index contributed by atoms with van der Waals surface area (Å²) >= 11 is 0. The van der Waals surface area contributed by atoms with Gasteiger partial charge in [0.25, 0.3) is 0 Å². The Morgan fingerprint density at radius 3 is 2.42 bits per heavy atom. The van der Waals surface area contributed by atoms with Crippen LogP contribution in [-0.2, 0) is 9.59 Å². The molecule has 6 nitrogen and oxygen atoms in total. The van der Waals surface area contributed by atoms with Gasteiger partial charge in [-0.25, -0.2) is 0 Å². The van der Waals surface area contributed by atoms with Crippen molar-refractivity contribution in [2.24, 2.45) is 11.8 Å². The fourth-order valence-corrected chi connectivity index (χ4v) is 2.91. The van der Waals surface area contributed by atoms with E-state index in [2.05, 4.69) is 5.32 Å². The Labute approximate surface area is 152 Å². The van der Waals surface area contributed by atoms with Gasteiger partial charge in [0.2, 0.25) is 11.8 Å². The van der Waals surface area contributed by atoms with E-state index < -0.39 is 0 Å². The van der Waals surface area contributed by atoms with Gasteiger partial charge in [-0.15, -0.1) is 0 Å². The SMILES string of the molecule is COc1ccc(NC(=O)C2CC2C(=O)N(C)c2ccccc2)c(OC)c1. The van der Waals surface area contributed by atoms with E-state index in [1.165, 1.54) is 7.11 Å². The minimum Gasteiger partial charge on any atom is -0.497 e. The predicted octanol–water partition coefficient (Wildman–Crippen LogP) is 2.94. The van der Waals surface area contributed by atoms with Crippen LogP contribution < -0.4 is 19.7 Å². The first-order valence-electron chi connectivity index (χ1n) is 8.40. The van der Waals surface area contributed by atoms with E-state index in [1.807, 2.05) is 30.3 Å². The number of carbonyl (C=O) groups is 2. The zero-order valence-corrected chi connectivity index (χ0v) is 15.1. The molecule has 1 aliphatic carbocycles. The van der Waals surface area contributed by atoms with Crippen molar-refractivity contribution < 1.29 is 19.1 Å². The molecule has 0 aromatic heterocycles. The van der Waals surface area contributed by atoms with E-state index in [9.17, 15) is 9.59 Å². The topological polar surface area (TPSA) is 67.9 Å². The van der Waals surface area contributed by atoms with E-state index in [0.717, 1.165) is 5.69 Å². The maximum absolute atomic E-state index is 12.6. The molecule has 2 unspecified atom stereocenters. The second kappa shape index (κ2) is 7.47. The highest BCUT2D eigenvalue weighted by atomic mass is 16.5. The summed E-state index contributed by atoms with van der Waals surface area (Å²) in [5, 5.41) is 2.85. The van der Waals surface area contributed by atoms with E-state index in [1.54, 1.807) is 37.3 Å². The van der Waals surface area contributed by atoms with Gasteiger partial charge in [0.1, 0.15) is 11.5 Å². The quantitative estimate of drug-likeness (QED) is 0.866. The summed E-state index contributed by atoms with van der Waals surface area (Å²) in [7, 11) is 4.83. The van der Waals surface area contributed by atoms with Crippen molar-refractivity contribution in [2.45, 2.75) is 6.42 Å². The molecule has 0 spiro atoms. The summed E-state index contributed by atoms with van der Waals surface area (Å²) in [5.41, 5.74) is 1.38. The number of para-hydroxylation sites is 1. The Bertz CT molecular complexity index is 807. The molecule has 1 saturated carbocycles. The average Bonchev–Trinajstić information content (AvgIpc) is 3.48. The molecule has 0 heterocycles. The van der Waals surface area contributed by atoms with Gasteiger partial charge in [-0.05, 0) is 30.7 Å². The van der Waals surface area contributed by atoms with Gasteiger partial charge in [0, 0.05) is 18.8 Å². The smallest absolute Gasteiger partial charge is 0.230 e. The monoisotopic (exact) mass is 354 g/mol. The Morgan fingerprint density at radius 1 is 1.04 bits per heavy atom.